The number of carbonyl (C=O) groups excluding carboxylic acids is 1. The summed E-state index contributed by atoms with van der Waals surface area (Å²) < 4.78 is 19.5. The minimum absolute atomic E-state index is 0.221. The van der Waals surface area contributed by atoms with Crippen molar-refractivity contribution in [2.45, 2.75) is 0 Å². The molecule has 116 valence electrons. The first-order valence-corrected chi connectivity index (χ1v) is 6.93. The summed E-state index contributed by atoms with van der Waals surface area (Å²) in [7, 11) is 3.11. The van der Waals surface area contributed by atoms with Crippen molar-refractivity contribution in [2.75, 3.05) is 7.11 Å². The number of esters is 1. The third-order valence-electron chi connectivity index (χ3n) is 3.41. The van der Waals surface area contributed by atoms with Gasteiger partial charge in [0.2, 0.25) is 0 Å². The van der Waals surface area contributed by atoms with E-state index in [9.17, 15) is 9.18 Å². The number of ether oxygens (including phenoxy) is 1. The van der Waals surface area contributed by atoms with Crippen molar-refractivity contribution in [3.8, 4) is 22.4 Å². The van der Waals surface area contributed by atoms with Gasteiger partial charge in [0.05, 0.1) is 7.11 Å². The molecule has 0 amide bonds. The summed E-state index contributed by atoms with van der Waals surface area (Å²) >= 11 is 0. The molecule has 5 nitrogen and oxygen atoms in total. The molecule has 2 heterocycles. The molecule has 3 aromatic rings. The normalized spacial score (nSPS) is 10.6. The SMILES string of the molecule is COC(=O)c1cc(-c2cn(C)nc2-c2ccc(F)cc2)ccn1. The van der Waals surface area contributed by atoms with Gasteiger partial charge in [0, 0.05) is 30.6 Å². The quantitative estimate of drug-likeness (QED) is 0.698. The van der Waals surface area contributed by atoms with Crippen LogP contribution in [0.2, 0.25) is 0 Å². The Bertz CT molecular complexity index is 857. The van der Waals surface area contributed by atoms with Crippen molar-refractivity contribution < 1.29 is 13.9 Å². The van der Waals surface area contributed by atoms with Crippen LogP contribution in [0.15, 0.2) is 48.8 Å². The van der Waals surface area contributed by atoms with Gasteiger partial charge < -0.3 is 4.74 Å². The lowest BCUT2D eigenvalue weighted by Gasteiger charge is -2.04. The highest BCUT2D eigenvalue weighted by molar-refractivity contribution is 5.90. The van der Waals surface area contributed by atoms with Crippen LogP contribution in [-0.4, -0.2) is 27.8 Å². The van der Waals surface area contributed by atoms with E-state index in [0.717, 1.165) is 16.7 Å². The van der Waals surface area contributed by atoms with Crippen molar-refractivity contribution in [3.05, 3.63) is 60.3 Å². The maximum atomic E-state index is 13.1. The third-order valence-corrected chi connectivity index (χ3v) is 3.41. The van der Waals surface area contributed by atoms with Gasteiger partial charge in [0.1, 0.15) is 17.2 Å². The Balaban J connectivity index is 2.10. The maximum absolute atomic E-state index is 13.1. The summed E-state index contributed by atoms with van der Waals surface area (Å²) in [6.07, 6.45) is 3.39. The number of hydrogen-bond acceptors (Lipinski definition) is 4. The van der Waals surface area contributed by atoms with Crippen LogP contribution in [0, 0.1) is 5.82 Å². The van der Waals surface area contributed by atoms with Crippen molar-refractivity contribution in [2.24, 2.45) is 7.05 Å². The zero-order valence-corrected chi connectivity index (χ0v) is 12.7. The van der Waals surface area contributed by atoms with E-state index in [0.29, 0.717) is 5.69 Å². The Labute approximate surface area is 132 Å². The van der Waals surface area contributed by atoms with Gasteiger partial charge in [-0.25, -0.2) is 14.2 Å². The van der Waals surface area contributed by atoms with Crippen LogP contribution in [0.1, 0.15) is 10.5 Å². The molecule has 0 radical (unpaired) electrons. The second kappa shape index (κ2) is 6.00. The molecule has 0 aliphatic rings. The molecule has 0 unspecified atom stereocenters. The minimum atomic E-state index is -0.501. The number of carbonyl (C=O) groups is 1. The molecule has 0 saturated heterocycles. The topological polar surface area (TPSA) is 57.0 Å². The summed E-state index contributed by atoms with van der Waals surface area (Å²) in [5, 5.41) is 4.44. The Morgan fingerprint density at radius 3 is 2.61 bits per heavy atom. The predicted octanol–water partition coefficient (Wildman–Crippen LogP) is 3.07. The molecule has 0 saturated carbocycles. The van der Waals surface area contributed by atoms with E-state index in [2.05, 4.69) is 10.1 Å². The van der Waals surface area contributed by atoms with Gasteiger partial charge in [-0.3, -0.25) is 4.68 Å². The van der Waals surface area contributed by atoms with E-state index >= 15 is 0 Å². The van der Waals surface area contributed by atoms with Crippen LogP contribution in [0.3, 0.4) is 0 Å². The largest absolute Gasteiger partial charge is 0.464 e. The van der Waals surface area contributed by atoms with Crippen LogP contribution >= 0.6 is 0 Å². The van der Waals surface area contributed by atoms with Gasteiger partial charge in [-0.2, -0.15) is 5.10 Å². The molecular formula is C17H14FN3O2. The van der Waals surface area contributed by atoms with E-state index < -0.39 is 5.97 Å². The highest BCUT2D eigenvalue weighted by Gasteiger charge is 2.15. The van der Waals surface area contributed by atoms with E-state index in [-0.39, 0.29) is 11.5 Å². The molecule has 0 aliphatic heterocycles. The molecule has 0 aliphatic carbocycles. The molecule has 23 heavy (non-hydrogen) atoms. The van der Waals surface area contributed by atoms with E-state index in [1.54, 1.807) is 42.2 Å². The number of halogens is 1. The molecule has 0 N–H and O–H groups in total. The summed E-state index contributed by atoms with van der Waals surface area (Å²) in [4.78, 5) is 15.7. The van der Waals surface area contributed by atoms with Gasteiger partial charge in [-0.1, -0.05) is 0 Å². The van der Waals surface area contributed by atoms with Crippen LogP contribution in [0.25, 0.3) is 22.4 Å². The average Bonchev–Trinajstić information content (AvgIpc) is 2.97. The van der Waals surface area contributed by atoms with Gasteiger partial charge in [-0.15, -0.1) is 0 Å². The maximum Gasteiger partial charge on any atom is 0.356 e. The van der Waals surface area contributed by atoms with Crippen LogP contribution < -0.4 is 0 Å². The monoisotopic (exact) mass is 311 g/mol. The minimum Gasteiger partial charge on any atom is -0.464 e. The van der Waals surface area contributed by atoms with Gasteiger partial charge in [0.25, 0.3) is 0 Å². The summed E-state index contributed by atoms with van der Waals surface area (Å²) in [5.41, 5.74) is 3.33. The lowest BCUT2D eigenvalue weighted by molar-refractivity contribution is 0.0594. The second-order valence-electron chi connectivity index (χ2n) is 4.99. The van der Waals surface area contributed by atoms with Crippen LogP contribution in [0.5, 0.6) is 0 Å². The number of hydrogen-bond donors (Lipinski definition) is 0. The summed E-state index contributed by atoms with van der Waals surface area (Å²) in [5.74, 6) is -0.804. The molecule has 2 aromatic heterocycles. The number of methoxy groups -OCH3 is 1. The van der Waals surface area contributed by atoms with Crippen molar-refractivity contribution in [1.29, 1.82) is 0 Å². The van der Waals surface area contributed by atoms with E-state index in [4.69, 9.17) is 4.74 Å². The number of rotatable bonds is 3. The van der Waals surface area contributed by atoms with Gasteiger partial charge >= 0.3 is 5.97 Å². The fourth-order valence-electron chi connectivity index (χ4n) is 2.33. The standard InChI is InChI=1S/C17H14FN3O2/c1-21-10-14(12-7-8-19-15(9-12)17(22)23-2)16(20-21)11-3-5-13(18)6-4-11/h3-10H,1-2H3. The smallest absolute Gasteiger partial charge is 0.356 e. The second-order valence-corrected chi connectivity index (χ2v) is 4.99. The Hall–Kier alpha value is -3.02. The summed E-state index contributed by atoms with van der Waals surface area (Å²) in [6.45, 7) is 0. The third kappa shape index (κ3) is 2.96. The number of aryl methyl sites for hydroxylation is 1. The Morgan fingerprint density at radius 2 is 1.91 bits per heavy atom. The molecule has 0 fully saturated rings. The first-order valence-electron chi connectivity index (χ1n) is 6.93. The van der Waals surface area contributed by atoms with Gasteiger partial charge in [0.15, 0.2) is 0 Å². The highest BCUT2D eigenvalue weighted by atomic mass is 19.1. The fraction of sp³-hybridized carbons (Fsp3) is 0.118. The lowest BCUT2D eigenvalue weighted by atomic mass is 10.0. The predicted molar refractivity (Wildman–Crippen MR) is 83.2 cm³/mol. The Kier molecular flexibility index (Phi) is 3.89. The first kappa shape index (κ1) is 14.9. The number of nitrogens with zero attached hydrogens (tertiary/aromatic N) is 3. The molecule has 0 atom stereocenters. The molecule has 6 heteroatoms. The molecular weight excluding hydrogens is 297 g/mol. The molecule has 3 rings (SSSR count). The van der Waals surface area contributed by atoms with Crippen molar-refractivity contribution in [3.63, 3.8) is 0 Å². The molecule has 0 spiro atoms. The van der Waals surface area contributed by atoms with Crippen molar-refractivity contribution in [1.82, 2.24) is 14.8 Å². The number of pyridine rings is 1. The lowest BCUT2D eigenvalue weighted by Crippen LogP contribution is -2.03. The van der Waals surface area contributed by atoms with Crippen LogP contribution in [0.4, 0.5) is 4.39 Å². The zero-order valence-electron chi connectivity index (χ0n) is 12.7. The Morgan fingerprint density at radius 1 is 1.17 bits per heavy atom. The van der Waals surface area contributed by atoms with E-state index in [1.807, 2.05) is 6.20 Å². The first-order chi connectivity index (χ1) is 11.1. The van der Waals surface area contributed by atoms with E-state index in [1.165, 1.54) is 19.2 Å². The fourth-order valence-corrected chi connectivity index (χ4v) is 2.33. The van der Waals surface area contributed by atoms with Crippen molar-refractivity contribution >= 4 is 5.97 Å². The average molecular weight is 311 g/mol. The molecule has 1 aromatic carbocycles. The number of aromatic nitrogens is 3. The number of benzene rings is 1. The van der Waals surface area contributed by atoms with Gasteiger partial charge in [-0.05, 0) is 42.0 Å². The zero-order chi connectivity index (χ0) is 16.4. The highest BCUT2D eigenvalue weighted by Crippen LogP contribution is 2.31. The summed E-state index contributed by atoms with van der Waals surface area (Å²) in [6, 6.07) is 9.56. The molecule has 0 bridgehead atoms. The van der Waals surface area contributed by atoms with Crippen LogP contribution in [-0.2, 0) is 11.8 Å².